The number of hydrazine groups is 1. The molecule has 3 aromatic carbocycles. The van der Waals surface area contributed by atoms with Crippen molar-refractivity contribution < 1.29 is 9.53 Å². The largest absolute Gasteiger partial charge is 0.488 e. The first kappa shape index (κ1) is 19.2. The van der Waals surface area contributed by atoms with Gasteiger partial charge in [-0.05, 0) is 48.9 Å². The molecule has 4 N–H and O–H groups in total. The summed E-state index contributed by atoms with van der Waals surface area (Å²) in [6.45, 7) is 2.51. The van der Waals surface area contributed by atoms with Gasteiger partial charge in [0.2, 0.25) is 0 Å². The molecule has 0 radical (unpaired) electrons. The summed E-state index contributed by atoms with van der Waals surface area (Å²) < 4.78 is 7.00. The van der Waals surface area contributed by atoms with Gasteiger partial charge in [0, 0.05) is 10.0 Å². The lowest BCUT2D eigenvalue weighted by atomic mass is 10.1. The fourth-order valence-corrected chi connectivity index (χ4v) is 3.38. The van der Waals surface area contributed by atoms with Gasteiger partial charge in [-0.3, -0.25) is 10.2 Å². The minimum absolute atomic E-state index is 0.354. The summed E-state index contributed by atoms with van der Waals surface area (Å²) in [6.07, 6.45) is 0. The first-order valence-electron chi connectivity index (χ1n) is 9.02. The molecule has 4 rings (SSSR count). The molecule has 4 aromatic rings. The highest BCUT2D eigenvalue weighted by atomic mass is 79.9. The van der Waals surface area contributed by atoms with Gasteiger partial charge < -0.3 is 9.72 Å². The van der Waals surface area contributed by atoms with Crippen LogP contribution in [0.4, 0.5) is 0 Å². The van der Waals surface area contributed by atoms with Crippen molar-refractivity contribution in [2.24, 2.45) is 5.84 Å². The molecule has 0 unspecified atom stereocenters. The fraction of sp³-hybridized carbons (Fsp3) is 0.0909. The van der Waals surface area contributed by atoms with Crippen LogP contribution in [0.25, 0.3) is 22.4 Å². The molecule has 6 nitrogen and oxygen atoms in total. The topological polar surface area (TPSA) is 93.0 Å². The lowest BCUT2D eigenvalue weighted by Gasteiger charge is -2.11. The summed E-state index contributed by atoms with van der Waals surface area (Å²) in [5.74, 6) is 6.24. The van der Waals surface area contributed by atoms with E-state index in [1.807, 2.05) is 18.2 Å². The zero-order valence-electron chi connectivity index (χ0n) is 15.7. The van der Waals surface area contributed by atoms with Gasteiger partial charge in [-0.25, -0.2) is 10.8 Å². The Morgan fingerprint density at radius 3 is 2.69 bits per heavy atom. The number of aromatic nitrogens is 2. The molecule has 0 aliphatic carbocycles. The summed E-state index contributed by atoms with van der Waals surface area (Å²) in [4.78, 5) is 19.7. The quantitative estimate of drug-likeness (QED) is 0.237. The van der Waals surface area contributed by atoms with Crippen LogP contribution in [0, 0.1) is 6.92 Å². The van der Waals surface area contributed by atoms with Crippen LogP contribution in [-0.2, 0) is 6.61 Å². The minimum atomic E-state index is -0.354. The number of carbonyl (C=O) groups excluding carboxylic acids is 1. The van der Waals surface area contributed by atoms with Gasteiger partial charge in [-0.15, -0.1) is 0 Å². The molecule has 0 saturated carbocycles. The maximum atomic E-state index is 11.8. The van der Waals surface area contributed by atoms with Crippen molar-refractivity contribution >= 4 is 32.9 Å². The molecule has 0 aliphatic heterocycles. The number of carbonyl (C=O) groups is 1. The molecule has 0 atom stereocenters. The number of aromatic amines is 1. The van der Waals surface area contributed by atoms with Gasteiger partial charge in [0.05, 0.1) is 16.6 Å². The number of halogens is 1. The molecule has 1 aromatic heterocycles. The molecular formula is C22H19BrN4O2. The minimum Gasteiger partial charge on any atom is -0.488 e. The first-order chi connectivity index (χ1) is 14.0. The number of imidazole rings is 1. The van der Waals surface area contributed by atoms with Crippen molar-refractivity contribution in [1.29, 1.82) is 0 Å². The monoisotopic (exact) mass is 450 g/mol. The van der Waals surface area contributed by atoms with Crippen LogP contribution in [-0.4, -0.2) is 15.9 Å². The van der Waals surface area contributed by atoms with E-state index in [-0.39, 0.29) is 5.91 Å². The second-order valence-corrected chi connectivity index (χ2v) is 7.62. The van der Waals surface area contributed by atoms with Crippen molar-refractivity contribution in [2.45, 2.75) is 13.5 Å². The number of hydrogen-bond acceptors (Lipinski definition) is 4. The Balaban J connectivity index is 1.67. The predicted molar refractivity (Wildman–Crippen MR) is 116 cm³/mol. The zero-order valence-corrected chi connectivity index (χ0v) is 17.3. The van der Waals surface area contributed by atoms with E-state index < -0.39 is 0 Å². The fourth-order valence-electron chi connectivity index (χ4n) is 3.02. The van der Waals surface area contributed by atoms with Crippen molar-refractivity contribution in [3.8, 4) is 17.1 Å². The lowest BCUT2D eigenvalue weighted by Crippen LogP contribution is -2.29. The van der Waals surface area contributed by atoms with E-state index in [0.29, 0.717) is 23.7 Å². The van der Waals surface area contributed by atoms with E-state index in [2.05, 4.69) is 62.5 Å². The molecule has 0 bridgehead atoms. The van der Waals surface area contributed by atoms with Crippen LogP contribution in [0.15, 0.2) is 65.1 Å². The third kappa shape index (κ3) is 4.16. The first-order valence-corrected chi connectivity index (χ1v) is 9.82. The van der Waals surface area contributed by atoms with Crippen LogP contribution in [0.1, 0.15) is 21.5 Å². The third-order valence-corrected chi connectivity index (χ3v) is 5.08. The van der Waals surface area contributed by atoms with E-state index in [9.17, 15) is 4.79 Å². The Hall–Kier alpha value is -3.16. The predicted octanol–water partition coefficient (Wildman–Crippen LogP) is 4.48. The highest BCUT2D eigenvalue weighted by Crippen LogP contribution is 2.33. The highest BCUT2D eigenvalue weighted by molar-refractivity contribution is 9.10. The van der Waals surface area contributed by atoms with E-state index in [1.54, 1.807) is 18.2 Å². The van der Waals surface area contributed by atoms with Gasteiger partial charge in [-0.1, -0.05) is 45.8 Å². The molecular weight excluding hydrogens is 432 g/mol. The average Bonchev–Trinajstić information content (AvgIpc) is 3.16. The van der Waals surface area contributed by atoms with Crippen LogP contribution in [0.5, 0.6) is 5.75 Å². The second kappa shape index (κ2) is 8.06. The van der Waals surface area contributed by atoms with Crippen molar-refractivity contribution in [3.63, 3.8) is 0 Å². The van der Waals surface area contributed by atoms with Crippen molar-refractivity contribution in [1.82, 2.24) is 15.4 Å². The smallest absolute Gasteiger partial charge is 0.265 e. The van der Waals surface area contributed by atoms with Crippen molar-refractivity contribution in [3.05, 3.63) is 81.8 Å². The number of ether oxygens (including phenoxy) is 1. The molecule has 0 saturated heterocycles. The van der Waals surface area contributed by atoms with Gasteiger partial charge in [-0.2, -0.15) is 0 Å². The van der Waals surface area contributed by atoms with E-state index in [1.165, 1.54) is 5.56 Å². The molecule has 29 heavy (non-hydrogen) atoms. The zero-order chi connectivity index (χ0) is 20.4. The number of aryl methyl sites for hydroxylation is 1. The molecule has 1 heterocycles. The third-order valence-electron chi connectivity index (χ3n) is 4.59. The maximum absolute atomic E-state index is 11.8. The number of H-pyrrole nitrogens is 1. The SMILES string of the molecule is Cc1ccc(COc2ccc(Br)cc2-c2nc3ccc(C(=O)NN)cc3[nH]2)cc1. The van der Waals surface area contributed by atoms with Crippen LogP contribution in [0.3, 0.4) is 0 Å². The standard InChI is InChI=1S/C22H19BrN4O2/c1-13-2-4-14(5-3-13)12-29-20-9-7-16(23)11-17(20)21-25-18-8-6-15(22(28)27-24)10-19(18)26-21/h2-11H,12,24H2,1H3,(H,25,26)(H,27,28). The Morgan fingerprint density at radius 1 is 1.14 bits per heavy atom. The molecule has 146 valence electrons. The van der Waals surface area contributed by atoms with Crippen LogP contribution in [0.2, 0.25) is 0 Å². The summed E-state index contributed by atoms with van der Waals surface area (Å²) in [5, 5.41) is 0. The number of hydrogen-bond donors (Lipinski definition) is 3. The van der Waals surface area contributed by atoms with Crippen molar-refractivity contribution in [2.75, 3.05) is 0 Å². The Kier molecular flexibility index (Phi) is 5.33. The van der Waals surface area contributed by atoms with E-state index in [4.69, 9.17) is 10.6 Å². The molecule has 1 amide bonds. The number of nitrogens with two attached hydrogens (primary N) is 1. The average molecular weight is 451 g/mol. The number of nitrogens with zero attached hydrogens (tertiary/aromatic N) is 1. The molecule has 0 spiro atoms. The summed E-state index contributed by atoms with van der Waals surface area (Å²) in [5.41, 5.74) is 7.21. The van der Waals surface area contributed by atoms with Gasteiger partial charge in [0.1, 0.15) is 18.2 Å². The van der Waals surface area contributed by atoms with E-state index >= 15 is 0 Å². The van der Waals surface area contributed by atoms with Crippen LogP contribution >= 0.6 is 15.9 Å². The van der Waals surface area contributed by atoms with Crippen LogP contribution < -0.4 is 16.0 Å². The highest BCUT2D eigenvalue weighted by Gasteiger charge is 2.14. The molecule has 0 fully saturated rings. The number of nitrogens with one attached hydrogen (secondary N) is 2. The number of rotatable bonds is 5. The van der Waals surface area contributed by atoms with Gasteiger partial charge in [0.25, 0.3) is 5.91 Å². The summed E-state index contributed by atoms with van der Waals surface area (Å²) in [6, 6.07) is 19.2. The molecule has 0 aliphatic rings. The van der Waals surface area contributed by atoms with E-state index in [0.717, 1.165) is 26.6 Å². The normalized spacial score (nSPS) is 10.9. The summed E-state index contributed by atoms with van der Waals surface area (Å²) in [7, 11) is 0. The lowest BCUT2D eigenvalue weighted by molar-refractivity contribution is 0.0954. The maximum Gasteiger partial charge on any atom is 0.265 e. The summed E-state index contributed by atoms with van der Waals surface area (Å²) >= 11 is 3.52. The number of amides is 1. The Labute approximate surface area is 176 Å². The Morgan fingerprint density at radius 2 is 1.93 bits per heavy atom. The molecule has 7 heteroatoms. The number of benzene rings is 3. The number of nitrogen functional groups attached to an aromatic ring is 1. The van der Waals surface area contributed by atoms with Gasteiger partial charge in [0.15, 0.2) is 0 Å². The number of fused-ring (bicyclic) bond motifs is 1. The second-order valence-electron chi connectivity index (χ2n) is 6.71. The van der Waals surface area contributed by atoms with Gasteiger partial charge >= 0.3 is 0 Å². The Bertz CT molecular complexity index is 1190.